The Morgan fingerprint density at radius 3 is 1.32 bits per heavy atom. The Morgan fingerprint density at radius 2 is 0.909 bits per heavy atom. The van der Waals surface area contributed by atoms with Crippen LogP contribution in [-0.4, -0.2) is 99.1 Å². The molecule has 4 fully saturated rings. The van der Waals surface area contributed by atoms with Gasteiger partial charge in [0, 0.05) is 86.4 Å². The fraction of sp³-hybridized carbons (Fsp3) is 0.357. The Labute approximate surface area is 534 Å². The van der Waals surface area contributed by atoms with Crippen molar-refractivity contribution in [3.63, 3.8) is 0 Å². The van der Waals surface area contributed by atoms with Crippen LogP contribution in [-0.2, 0) is 74.0 Å². The third kappa shape index (κ3) is 11.1. The lowest BCUT2D eigenvalue weighted by Gasteiger charge is -2.32. The molecule has 3 unspecified atom stereocenters. The molecule has 0 radical (unpaired) electrons. The summed E-state index contributed by atoms with van der Waals surface area (Å²) < 4.78 is 17.4. The highest BCUT2D eigenvalue weighted by molar-refractivity contribution is 9.10. The zero-order chi connectivity index (χ0) is 61.8. The minimum atomic E-state index is -0.494. The first-order chi connectivity index (χ1) is 42.2. The maximum Gasteiger partial charge on any atom is 0.498 e. The summed E-state index contributed by atoms with van der Waals surface area (Å²) in [6.45, 7) is 12.9. The van der Waals surface area contributed by atoms with Gasteiger partial charge in [0.25, 0.3) is 17.7 Å². The predicted molar refractivity (Wildman–Crippen MR) is 355 cm³/mol. The molecule has 2 aromatic heterocycles. The molecule has 7 aliphatic rings. The second kappa shape index (κ2) is 24.4. The smallest absolute Gasteiger partial charge is 0.399 e. The van der Waals surface area contributed by atoms with E-state index in [-0.39, 0.29) is 36.0 Å². The second-order valence-corrected chi connectivity index (χ2v) is 27.2. The lowest BCUT2D eigenvalue weighted by molar-refractivity contribution is -0.128. The zero-order valence-electron chi connectivity index (χ0n) is 51.6. The molecule has 3 atom stereocenters. The quantitative estimate of drug-likeness (QED) is 0.147. The third-order valence-corrected chi connectivity index (χ3v) is 20.4. The van der Waals surface area contributed by atoms with Gasteiger partial charge < -0.3 is 24.0 Å². The van der Waals surface area contributed by atoms with E-state index in [0.717, 1.165) is 129 Å². The number of aromatic nitrogens is 4. The topological polar surface area (TPSA) is 134 Å². The predicted octanol–water partition coefficient (Wildman–Crippen LogP) is 11.8. The number of fused-ring (bicyclic) bond motifs is 6. The summed E-state index contributed by atoms with van der Waals surface area (Å²) in [5.41, 5.74) is 11.3. The van der Waals surface area contributed by atoms with Gasteiger partial charge in [-0.25, -0.2) is 0 Å². The number of anilines is 3. The number of amides is 3. The number of nitrogens with zero attached hydrogens (tertiary/aromatic N) is 9. The maximum atomic E-state index is 13.6. The van der Waals surface area contributed by atoms with Crippen LogP contribution in [0.2, 0.25) is 0 Å². The number of carbonyl (C=O) groups is 3. The Kier molecular flexibility index (Phi) is 17.0. The van der Waals surface area contributed by atoms with E-state index in [2.05, 4.69) is 156 Å². The number of rotatable bonds is 8. The molecule has 0 bridgehead atoms. The summed E-state index contributed by atoms with van der Waals surface area (Å²) >= 11 is 6.92. The molecule has 4 saturated heterocycles. The molecule has 15 rings (SSSR count). The zero-order valence-corrected chi connectivity index (χ0v) is 54.7. The van der Waals surface area contributed by atoms with Gasteiger partial charge in [0.1, 0.15) is 16.6 Å². The van der Waals surface area contributed by atoms with Crippen molar-refractivity contribution in [2.75, 3.05) is 48.4 Å². The summed E-state index contributed by atoms with van der Waals surface area (Å²) in [5.74, 6) is 0.626. The summed E-state index contributed by atoms with van der Waals surface area (Å²) in [6, 6.07) is 49.5. The molecular weight excluding hydrogens is 1230 g/mol. The minimum Gasteiger partial charge on any atom is -0.399 e. The maximum absolute atomic E-state index is 13.6. The molecule has 0 saturated carbocycles. The van der Waals surface area contributed by atoms with Crippen molar-refractivity contribution in [3.05, 3.63) is 213 Å². The molecule has 88 heavy (non-hydrogen) atoms. The van der Waals surface area contributed by atoms with Crippen LogP contribution >= 0.6 is 31.9 Å². The number of hydrogen-bond donors (Lipinski definition) is 1. The third-order valence-electron chi connectivity index (χ3n) is 19.4. The first kappa shape index (κ1) is 61.2. The molecule has 8 aromatic rings. The number of benzene rings is 6. The van der Waals surface area contributed by atoms with Gasteiger partial charge in [-0.2, -0.15) is 10.2 Å². The first-order valence-corrected chi connectivity index (χ1v) is 32.2. The molecule has 454 valence electrons. The standard InChI is InChI=1S/C23H24N4O.C19H19BrN2O.C18H17BrN2O.C10H17BN2O2/c1-25-13-5-12-23(25)20-6-3-4-7-21(20)27(22(23)28)15-17-8-10-18(11-9-17)19-14-24-26(2)16-19;1-21-12-4-11-19(21)16-5-2-3-6-17(16)22(18(19)23)13-14-7-9-15(20)10-8-14;19-14-8-6-13(7-9-14)12-21-16-5-2-1-4-15(16)18(17(21)22)10-3-11-20-18;1-9(2)10(3,4)15-11(14-9)8-6-12-13(5)7-8/h3-4,6-11,14,16H,5,12-13,15H2,1-2H3;2-3,5-10H,4,11-13H2,1H3;1-2,4-9,20H,3,10-12H2;6-7H,1-5H3. The molecule has 3 amide bonds. The van der Waals surface area contributed by atoms with E-state index in [9.17, 15) is 14.4 Å². The van der Waals surface area contributed by atoms with Crippen molar-refractivity contribution < 1.29 is 23.7 Å². The van der Waals surface area contributed by atoms with Crippen molar-refractivity contribution in [3.8, 4) is 11.1 Å². The van der Waals surface area contributed by atoms with E-state index in [1.807, 2.05) is 136 Å². The minimum absolute atomic E-state index is 0.189. The highest BCUT2D eigenvalue weighted by Crippen LogP contribution is 2.52. The second-order valence-electron chi connectivity index (χ2n) is 25.3. The van der Waals surface area contributed by atoms with Gasteiger partial charge >= 0.3 is 7.12 Å². The van der Waals surface area contributed by atoms with Gasteiger partial charge in [0.15, 0.2) is 0 Å². The van der Waals surface area contributed by atoms with Crippen molar-refractivity contribution in [2.45, 2.75) is 114 Å². The molecule has 6 aromatic carbocycles. The van der Waals surface area contributed by atoms with E-state index < -0.39 is 16.6 Å². The summed E-state index contributed by atoms with van der Waals surface area (Å²) in [4.78, 5) is 50.3. The van der Waals surface area contributed by atoms with E-state index in [4.69, 9.17) is 9.31 Å². The summed E-state index contributed by atoms with van der Waals surface area (Å²) in [5, 5.41) is 11.8. The summed E-state index contributed by atoms with van der Waals surface area (Å²) in [7, 11) is 7.65. The van der Waals surface area contributed by atoms with Crippen molar-refractivity contribution in [1.82, 2.24) is 34.7 Å². The van der Waals surface area contributed by atoms with Gasteiger partial charge in [-0.1, -0.05) is 135 Å². The van der Waals surface area contributed by atoms with Crippen molar-refractivity contribution >= 4 is 79.2 Å². The average Bonchev–Trinajstić information content (AvgIpc) is 1.59. The van der Waals surface area contributed by atoms with E-state index in [0.29, 0.717) is 19.6 Å². The van der Waals surface area contributed by atoms with Gasteiger partial charge in [0.2, 0.25) is 0 Å². The number of likely N-dealkylation sites (N-methyl/N-ethyl adjacent to an activating group) is 2. The van der Waals surface area contributed by atoms with Crippen LogP contribution in [0.3, 0.4) is 0 Å². The Hall–Kier alpha value is -7.03. The Morgan fingerprint density at radius 1 is 0.489 bits per heavy atom. The van der Waals surface area contributed by atoms with Gasteiger partial charge in [0.05, 0.1) is 37.0 Å². The first-order valence-electron chi connectivity index (χ1n) is 30.6. The normalized spacial score (nSPS) is 22.9. The van der Waals surface area contributed by atoms with Gasteiger partial charge in [-0.3, -0.25) is 38.9 Å². The van der Waals surface area contributed by atoms with Crippen LogP contribution in [0.5, 0.6) is 0 Å². The number of likely N-dealkylation sites (tertiary alicyclic amines) is 2. The molecule has 15 nitrogen and oxygen atoms in total. The molecule has 1 N–H and O–H groups in total. The van der Waals surface area contributed by atoms with Crippen LogP contribution in [0.4, 0.5) is 17.1 Å². The number of halogens is 2. The van der Waals surface area contributed by atoms with Crippen LogP contribution in [0.25, 0.3) is 11.1 Å². The fourth-order valence-corrected chi connectivity index (χ4v) is 14.5. The molecule has 9 heterocycles. The monoisotopic (exact) mass is 1310 g/mol. The average molecular weight is 1310 g/mol. The lowest BCUT2D eigenvalue weighted by atomic mass is 9.82. The molecule has 18 heteroatoms. The molecule has 7 aliphatic heterocycles. The number of nitrogens with one attached hydrogen (secondary N) is 1. The number of para-hydroxylation sites is 3. The van der Waals surface area contributed by atoms with E-state index >= 15 is 0 Å². The van der Waals surface area contributed by atoms with Crippen molar-refractivity contribution in [2.24, 2.45) is 14.1 Å². The van der Waals surface area contributed by atoms with Gasteiger partial charge in [-0.05, 0) is 165 Å². The molecule has 0 aliphatic carbocycles. The highest BCUT2D eigenvalue weighted by atomic mass is 79.9. The largest absolute Gasteiger partial charge is 0.498 e. The molecular formula is C70H77BBr2N10O5. The van der Waals surface area contributed by atoms with Gasteiger partial charge in [-0.15, -0.1) is 0 Å². The number of carbonyl (C=O) groups excluding carboxylic acids is 3. The number of hydrogen-bond acceptors (Lipinski definition) is 10. The van der Waals surface area contributed by atoms with Crippen LogP contribution in [0.15, 0.2) is 179 Å². The number of aryl methyl sites for hydroxylation is 2. The highest BCUT2D eigenvalue weighted by Gasteiger charge is 2.57. The van der Waals surface area contributed by atoms with Crippen LogP contribution in [0.1, 0.15) is 99.6 Å². The van der Waals surface area contributed by atoms with E-state index in [1.165, 1.54) is 5.56 Å². The van der Waals surface area contributed by atoms with Crippen LogP contribution in [0, 0.1) is 0 Å². The SMILES string of the molecule is CN1CCCC12C(=O)N(Cc1ccc(-c3cnn(C)c3)cc1)c1ccccc12.CN1CCCC12C(=O)N(Cc1ccc(Br)cc1)c1ccccc12.Cn1cc(B2OC(C)(C)C(C)(C)O2)cn1.O=C1N(Cc2ccc(Br)cc2)c2ccccc2C12CCCN2. The van der Waals surface area contributed by atoms with Crippen LogP contribution < -0.4 is 25.5 Å². The van der Waals surface area contributed by atoms with Crippen molar-refractivity contribution in [1.29, 1.82) is 0 Å². The summed E-state index contributed by atoms with van der Waals surface area (Å²) in [6.07, 6.45) is 13.5. The Bertz CT molecular complexity index is 3850. The van der Waals surface area contributed by atoms with E-state index in [1.54, 1.807) is 15.6 Å². The molecule has 3 spiro atoms. The Balaban J connectivity index is 0.000000117. The lowest BCUT2D eigenvalue weighted by Crippen LogP contribution is -2.47. The fourth-order valence-electron chi connectivity index (χ4n) is 13.9.